The van der Waals surface area contributed by atoms with Crippen LogP contribution in [0.5, 0.6) is 0 Å². The van der Waals surface area contributed by atoms with Crippen molar-refractivity contribution < 1.29 is 39.5 Å². The molecule has 9 heteroatoms. The van der Waals surface area contributed by atoms with Gasteiger partial charge < -0.3 is 34.8 Å². The number of ether oxygens (including phenoxy) is 2. The summed E-state index contributed by atoms with van der Waals surface area (Å²) in [6, 6.07) is 0. The monoisotopic (exact) mass is 758 g/mol. The van der Waals surface area contributed by atoms with E-state index in [1.807, 2.05) is 0 Å². The molecule has 316 valence electrons. The van der Waals surface area contributed by atoms with Crippen molar-refractivity contribution in [1.29, 1.82) is 0 Å². The van der Waals surface area contributed by atoms with Crippen LogP contribution in [-0.4, -0.2) is 88.1 Å². The quantitative estimate of drug-likeness (QED) is 0.0273. The van der Waals surface area contributed by atoms with E-state index in [0.717, 1.165) is 96.6 Å². The Labute approximate surface area is 326 Å². The van der Waals surface area contributed by atoms with Crippen LogP contribution >= 0.6 is 0 Å². The van der Waals surface area contributed by atoms with Crippen molar-refractivity contribution in [2.24, 2.45) is 0 Å². The maximum absolute atomic E-state index is 12.8. The molecule has 1 atom stereocenters. The van der Waals surface area contributed by atoms with Gasteiger partial charge in [-0.2, -0.15) is 0 Å². The highest BCUT2D eigenvalue weighted by Crippen LogP contribution is 2.21. The molecule has 0 bridgehead atoms. The first-order valence-electron chi connectivity index (χ1n) is 22.5. The van der Waals surface area contributed by atoms with Crippen LogP contribution < -0.4 is 0 Å². The normalized spacial score (nSPS) is 12.5. The average Bonchev–Trinajstić information content (AvgIpc) is 3.14. The summed E-state index contributed by atoms with van der Waals surface area (Å²) in [7, 11) is 0. The molecule has 0 amide bonds. The molecule has 0 aromatic rings. The Balaban J connectivity index is 4.28. The van der Waals surface area contributed by atoms with Gasteiger partial charge in [0, 0.05) is 13.0 Å². The fourth-order valence-electron chi connectivity index (χ4n) is 6.92. The SMILES string of the molecule is CCCCCCCCCCCOC(=O)C(O)CCCCN(CCO)CCCCCCC(O)(O)C(=O)OC(CCCCCCCC)CCCCCCCC. The van der Waals surface area contributed by atoms with Crippen molar-refractivity contribution in [2.45, 2.75) is 238 Å². The summed E-state index contributed by atoms with van der Waals surface area (Å²) in [4.78, 5) is 27.2. The van der Waals surface area contributed by atoms with E-state index < -0.39 is 23.8 Å². The van der Waals surface area contributed by atoms with Gasteiger partial charge in [-0.05, 0) is 77.3 Å². The van der Waals surface area contributed by atoms with E-state index in [1.54, 1.807) is 0 Å². The second-order valence-electron chi connectivity index (χ2n) is 15.7. The zero-order valence-corrected chi connectivity index (χ0v) is 35.0. The zero-order chi connectivity index (χ0) is 39.3. The number of nitrogens with zero attached hydrogens (tertiary/aromatic N) is 1. The number of unbranched alkanes of at least 4 members (excludes halogenated alkanes) is 22. The third kappa shape index (κ3) is 32.7. The molecule has 0 aliphatic carbocycles. The fourth-order valence-corrected chi connectivity index (χ4v) is 6.92. The summed E-state index contributed by atoms with van der Waals surface area (Å²) in [5, 5.41) is 40.9. The first kappa shape index (κ1) is 51.7. The van der Waals surface area contributed by atoms with Crippen LogP contribution in [-0.2, 0) is 19.1 Å². The standard InChI is InChI=1S/C44H87NO8/c1-4-7-10-13-16-17-18-23-30-39-52-42(48)41(47)33-26-29-36-45(37-38-46)35-28-22-21-27-34-44(50,51)43(49)53-40(31-24-19-14-11-8-5-2)32-25-20-15-12-9-6-3/h40-41,46-47,50-51H,4-39H2,1-3H3. The highest BCUT2D eigenvalue weighted by molar-refractivity contribution is 5.77. The predicted octanol–water partition coefficient (Wildman–Crippen LogP) is 9.93. The number of esters is 2. The molecule has 53 heavy (non-hydrogen) atoms. The summed E-state index contributed by atoms with van der Waals surface area (Å²) in [5.41, 5.74) is 0. The maximum Gasteiger partial charge on any atom is 0.366 e. The van der Waals surface area contributed by atoms with Crippen molar-refractivity contribution in [3.05, 3.63) is 0 Å². The highest BCUT2D eigenvalue weighted by Gasteiger charge is 2.36. The van der Waals surface area contributed by atoms with Crippen LogP contribution in [0.15, 0.2) is 0 Å². The fraction of sp³-hybridized carbons (Fsp3) is 0.955. The number of carbonyl (C=O) groups excluding carboxylic acids is 2. The molecule has 0 aliphatic heterocycles. The summed E-state index contributed by atoms with van der Waals surface area (Å²) < 4.78 is 11.0. The van der Waals surface area contributed by atoms with Gasteiger partial charge in [0.2, 0.25) is 0 Å². The molecule has 4 N–H and O–H groups in total. The Hall–Kier alpha value is -1.26. The van der Waals surface area contributed by atoms with E-state index in [4.69, 9.17) is 9.47 Å². The van der Waals surface area contributed by atoms with Crippen LogP contribution in [0.3, 0.4) is 0 Å². The van der Waals surface area contributed by atoms with Crippen molar-refractivity contribution in [2.75, 3.05) is 32.8 Å². The molecular formula is C44H87NO8. The lowest BCUT2D eigenvalue weighted by Crippen LogP contribution is -2.41. The summed E-state index contributed by atoms with van der Waals surface area (Å²) in [5.74, 6) is -3.90. The van der Waals surface area contributed by atoms with Gasteiger partial charge in [0.05, 0.1) is 13.2 Å². The highest BCUT2D eigenvalue weighted by atomic mass is 16.6. The van der Waals surface area contributed by atoms with Crippen LogP contribution in [0.25, 0.3) is 0 Å². The van der Waals surface area contributed by atoms with Crippen LogP contribution in [0.2, 0.25) is 0 Å². The van der Waals surface area contributed by atoms with E-state index >= 15 is 0 Å². The molecule has 0 saturated heterocycles. The minimum absolute atomic E-state index is 0.0447. The zero-order valence-electron chi connectivity index (χ0n) is 35.0. The lowest BCUT2D eigenvalue weighted by Gasteiger charge is -2.25. The van der Waals surface area contributed by atoms with E-state index in [9.17, 15) is 30.0 Å². The Morgan fingerprint density at radius 2 is 0.962 bits per heavy atom. The molecule has 9 nitrogen and oxygen atoms in total. The maximum atomic E-state index is 12.8. The van der Waals surface area contributed by atoms with Crippen molar-refractivity contribution >= 4 is 11.9 Å². The van der Waals surface area contributed by atoms with Gasteiger partial charge in [-0.1, -0.05) is 149 Å². The van der Waals surface area contributed by atoms with Crippen molar-refractivity contribution in [3.63, 3.8) is 0 Å². The van der Waals surface area contributed by atoms with Gasteiger partial charge in [-0.15, -0.1) is 0 Å². The number of hydrogen-bond donors (Lipinski definition) is 4. The Morgan fingerprint density at radius 1 is 0.547 bits per heavy atom. The number of aliphatic hydroxyl groups is 4. The number of rotatable bonds is 41. The average molecular weight is 758 g/mol. The van der Waals surface area contributed by atoms with Crippen LogP contribution in [0, 0.1) is 0 Å². The second-order valence-corrected chi connectivity index (χ2v) is 15.7. The summed E-state index contributed by atoms with van der Waals surface area (Å²) >= 11 is 0. The van der Waals surface area contributed by atoms with Crippen LogP contribution in [0.4, 0.5) is 0 Å². The van der Waals surface area contributed by atoms with Crippen molar-refractivity contribution in [3.8, 4) is 0 Å². The number of carbonyl (C=O) groups is 2. The third-order valence-electron chi connectivity index (χ3n) is 10.5. The van der Waals surface area contributed by atoms with E-state index in [0.29, 0.717) is 32.4 Å². The number of hydrogen-bond acceptors (Lipinski definition) is 9. The molecule has 0 aromatic heterocycles. The molecule has 0 aromatic carbocycles. The number of aliphatic hydroxyl groups excluding tert-OH is 2. The van der Waals surface area contributed by atoms with Crippen LogP contribution in [0.1, 0.15) is 220 Å². The third-order valence-corrected chi connectivity index (χ3v) is 10.5. The molecule has 1 unspecified atom stereocenters. The Bertz CT molecular complexity index is 794. The second kappa shape index (κ2) is 37.7. The molecule has 0 saturated carbocycles. The van der Waals surface area contributed by atoms with E-state index in [-0.39, 0.29) is 19.1 Å². The van der Waals surface area contributed by atoms with Gasteiger partial charge >= 0.3 is 11.9 Å². The molecule has 0 heterocycles. The summed E-state index contributed by atoms with van der Waals surface area (Å²) in [6.07, 6.45) is 29.8. The van der Waals surface area contributed by atoms with Gasteiger partial charge in [0.15, 0.2) is 6.10 Å². The molecule has 0 radical (unpaired) electrons. The van der Waals surface area contributed by atoms with Gasteiger partial charge in [0.1, 0.15) is 6.10 Å². The van der Waals surface area contributed by atoms with Gasteiger partial charge in [-0.25, -0.2) is 9.59 Å². The van der Waals surface area contributed by atoms with E-state index in [1.165, 1.54) is 89.9 Å². The molecular weight excluding hydrogens is 670 g/mol. The minimum atomic E-state index is -2.46. The predicted molar refractivity (Wildman–Crippen MR) is 218 cm³/mol. The lowest BCUT2D eigenvalue weighted by molar-refractivity contribution is -0.217. The Morgan fingerprint density at radius 3 is 1.47 bits per heavy atom. The topological polar surface area (TPSA) is 137 Å². The largest absolute Gasteiger partial charge is 0.464 e. The molecule has 0 spiro atoms. The Kier molecular flexibility index (Phi) is 36.8. The lowest BCUT2D eigenvalue weighted by atomic mass is 10.0. The first-order valence-corrected chi connectivity index (χ1v) is 22.5. The molecule has 0 aliphatic rings. The summed E-state index contributed by atoms with van der Waals surface area (Å²) in [6.45, 7) is 9.20. The minimum Gasteiger partial charge on any atom is -0.464 e. The molecule has 0 rings (SSSR count). The van der Waals surface area contributed by atoms with Gasteiger partial charge in [-0.3, -0.25) is 0 Å². The van der Waals surface area contributed by atoms with Gasteiger partial charge in [0.25, 0.3) is 5.79 Å². The van der Waals surface area contributed by atoms with Crippen molar-refractivity contribution in [1.82, 2.24) is 4.90 Å². The smallest absolute Gasteiger partial charge is 0.366 e. The molecule has 0 fully saturated rings. The first-order chi connectivity index (χ1) is 25.7. The van der Waals surface area contributed by atoms with E-state index in [2.05, 4.69) is 25.7 Å².